The zero-order chi connectivity index (χ0) is 13.4. The van der Waals surface area contributed by atoms with Crippen LogP contribution < -0.4 is 5.32 Å². The van der Waals surface area contributed by atoms with Crippen molar-refractivity contribution in [1.29, 1.82) is 0 Å². The second-order valence-electron chi connectivity index (χ2n) is 5.71. The van der Waals surface area contributed by atoms with Gasteiger partial charge in [0.15, 0.2) is 0 Å². The first-order valence-corrected chi connectivity index (χ1v) is 7.84. The van der Waals surface area contributed by atoms with E-state index in [0.29, 0.717) is 6.04 Å². The molecule has 2 unspecified atom stereocenters. The average Bonchev–Trinajstić information content (AvgIpc) is 2.81. The highest BCUT2D eigenvalue weighted by Crippen LogP contribution is 2.18. The summed E-state index contributed by atoms with van der Waals surface area (Å²) in [7, 11) is 2.30. The molecule has 1 N–H and O–H groups in total. The van der Waals surface area contributed by atoms with Gasteiger partial charge in [0.1, 0.15) is 0 Å². The van der Waals surface area contributed by atoms with Crippen LogP contribution in [0.2, 0.25) is 0 Å². The van der Waals surface area contributed by atoms with E-state index in [2.05, 4.69) is 42.9 Å². The van der Waals surface area contributed by atoms with E-state index in [9.17, 15) is 0 Å². The largest absolute Gasteiger partial charge is 0.317 e. The van der Waals surface area contributed by atoms with Gasteiger partial charge < -0.3 is 10.2 Å². The molecule has 0 amide bonds. The summed E-state index contributed by atoms with van der Waals surface area (Å²) < 4.78 is 0. The molecule has 0 aromatic carbocycles. The van der Waals surface area contributed by atoms with Gasteiger partial charge in [-0.25, -0.2) is 0 Å². The fourth-order valence-electron chi connectivity index (χ4n) is 2.95. The van der Waals surface area contributed by atoms with Gasteiger partial charge in [0.25, 0.3) is 0 Å². The Kier molecular flexibility index (Phi) is 7.87. The fraction of sp³-hybridized carbons (Fsp3) is 1.00. The Morgan fingerprint density at radius 3 is 2.83 bits per heavy atom. The molecule has 0 aromatic heterocycles. The number of hydrogen-bond donors (Lipinski definition) is 1. The molecule has 0 aliphatic carbocycles. The Morgan fingerprint density at radius 2 is 2.17 bits per heavy atom. The molecule has 3 nitrogen and oxygen atoms in total. The lowest BCUT2D eigenvalue weighted by Gasteiger charge is -2.31. The lowest BCUT2D eigenvalue weighted by Crippen LogP contribution is -2.42. The molecule has 2 atom stereocenters. The third-order valence-electron chi connectivity index (χ3n) is 4.38. The average molecular weight is 255 g/mol. The maximum atomic E-state index is 3.41. The van der Waals surface area contributed by atoms with E-state index in [0.717, 1.165) is 12.6 Å². The van der Waals surface area contributed by atoms with Crippen molar-refractivity contribution >= 4 is 0 Å². The molecule has 0 bridgehead atoms. The van der Waals surface area contributed by atoms with E-state index in [1.54, 1.807) is 0 Å². The molecule has 0 radical (unpaired) electrons. The van der Waals surface area contributed by atoms with Gasteiger partial charge in [-0.15, -0.1) is 0 Å². The molecule has 1 aliphatic heterocycles. The second kappa shape index (κ2) is 8.89. The van der Waals surface area contributed by atoms with Crippen molar-refractivity contribution in [3.05, 3.63) is 0 Å². The zero-order valence-corrected chi connectivity index (χ0v) is 12.9. The van der Waals surface area contributed by atoms with Crippen LogP contribution in [0.1, 0.15) is 46.5 Å². The van der Waals surface area contributed by atoms with E-state index in [-0.39, 0.29) is 0 Å². The van der Waals surface area contributed by atoms with Gasteiger partial charge in [-0.1, -0.05) is 13.8 Å². The monoisotopic (exact) mass is 255 g/mol. The Hall–Kier alpha value is -0.120. The summed E-state index contributed by atoms with van der Waals surface area (Å²) in [4.78, 5) is 5.20. The molecule has 0 saturated carbocycles. The van der Waals surface area contributed by atoms with Crippen LogP contribution >= 0.6 is 0 Å². The van der Waals surface area contributed by atoms with Crippen LogP contribution in [0, 0.1) is 0 Å². The summed E-state index contributed by atoms with van der Waals surface area (Å²) in [5.74, 6) is 0. The molecular weight excluding hydrogens is 222 g/mol. The molecule has 108 valence electrons. The minimum atomic E-state index is 0.711. The lowest BCUT2D eigenvalue weighted by molar-refractivity contribution is 0.164. The summed E-state index contributed by atoms with van der Waals surface area (Å²) >= 11 is 0. The van der Waals surface area contributed by atoms with Crippen LogP contribution in [0.5, 0.6) is 0 Å². The molecule has 1 aliphatic rings. The Morgan fingerprint density at radius 1 is 1.39 bits per heavy atom. The highest BCUT2D eigenvalue weighted by molar-refractivity contribution is 4.81. The SMILES string of the molecule is CCNCCCC(C)N(C)CC1CCCN1CC. The summed E-state index contributed by atoms with van der Waals surface area (Å²) in [5.41, 5.74) is 0. The number of likely N-dealkylation sites (tertiary alicyclic amines) is 1. The molecule has 0 spiro atoms. The van der Waals surface area contributed by atoms with Gasteiger partial charge in [0, 0.05) is 18.6 Å². The first-order valence-electron chi connectivity index (χ1n) is 7.84. The van der Waals surface area contributed by atoms with Crippen molar-refractivity contribution in [3.8, 4) is 0 Å². The molecule has 3 heteroatoms. The highest BCUT2D eigenvalue weighted by atomic mass is 15.2. The van der Waals surface area contributed by atoms with Crippen molar-refractivity contribution in [2.45, 2.75) is 58.5 Å². The Balaban J connectivity index is 2.20. The maximum Gasteiger partial charge on any atom is 0.0223 e. The van der Waals surface area contributed by atoms with E-state index in [1.807, 2.05) is 0 Å². The molecule has 18 heavy (non-hydrogen) atoms. The van der Waals surface area contributed by atoms with Crippen LogP contribution in [0.3, 0.4) is 0 Å². The first-order chi connectivity index (χ1) is 8.69. The highest BCUT2D eigenvalue weighted by Gasteiger charge is 2.25. The smallest absolute Gasteiger partial charge is 0.0223 e. The second-order valence-corrected chi connectivity index (χ2v) is 5.71. The first kappa shape index (κ1) is 15.9. The third kappa shape index (κ3) is 5.25. The summed E-state index contributed by atoms with van der Waals surface area (Å²) in [6.07, 6.45) is 5.38. The third-order valence-corrected chi connectivity index (χ3v) is 4.38. The van der Waals surface area contributed by atoms with Gasteiger partial charge in [0.05, 0.1) is 0 Å². The van der Waals surface area contributed by atoms with Crippen molar-refractivity contribution in [1.82, 2.24) is 15.1 Å². The normalized spacial score (nSPS) is 22.8. The number of nitrogens with zero attached hydrogens (tertiary/aromatic N) is 2. The topological polar surface area (TPSA) is 18.5 Å². The van der Waals surface area contributed by atoms with Crippen molar-refractivity contribution < 1.29 is 0 Å². The predicted octanol–water partition coefficient (Wildman–Crippen LogP) is 2.18. The molecule has 0 aromatic rings. The molecule has 1 fully saturated rings. The number of nitrogens with one attached hydrogen (secondary N) is 1. The van der Waals surface area contributed by atoms with E-state index < -0.39 is 0 Å². The summed E-state index contributed by atoms with van der Waals surface area (Å²) in [6.45, 7) is 12.9. The van der Waals surface area contributed by atoms with Crippen molar-refractivity contribution in [2.75, 3.05) is 39.8 Å². The number of likely N-dealkylation sites (N-methyl/N-ethyl adjacent to an activating group) is 2. The minimum absolute atomic E-state index is 0.711. The van der Waals surface area contributed by atoms with Crippen molar-refractivity contribution in [2.24, 2.45) is 0 Å². The summed E-state index contributed by atoms with van der Waals surface area (Å²) in [6, 6.07) is 1.51. The quantitative estimate of drug-likeness (QED) is 0.637. The van der Waals surface area contributed by atoms with E-state index >= 15 is 0 Å². The number of rotatable bonds is 9. The van der Waals surface area contributed by atoms with Gasteiger partial charge in [-0.05, 0) is 65.8 Å². The van der Waals surface area contributed by atoms with E-state index in [4.69, 9.17) is 0 Å². The van der Waals surface area contributed by atoms with Gasteiger partial charge >= 0.3 is 0 Å². The van der Waals surface area contributed by atoms with Gasteiger partial charge in [-0.3, -0.25) is 4.90 Å². The standard InChI is InChI=1S/C15H33N3/c1-5-16-11-7-9-14(3)17(4)13-15-10-8-12-18(15)6-2/h14-16H,5-13H2,1-4H3. The Bertz CT molecular complexity index is 208. The molecule has 1 rings (SSSR count). The van der Waals surface area contributed by atoms with Crippen LogP contribution in [-0.4, -0.2) is 61.7 Å². The van der Waals surface area contributed by atoms with Crippen LogP contribution in [-0.2, 0) is 0 Å². The maximum absolute atomic E-state index is 3.41. The van der Waals surface area contributed by atoms with Gasteiger partial charge in [0.2, 0.25) is 0 Å². The fourth-order valence-corrected chi connectivity index (χ4v) is 2.95. The summed E-state index contributed by atoms with van der Waals surface area (Å²) in [5, 5.41) is 3.41. The zero-order valence-electron chi connectivity index (χ0n) is 12.9. The van der Waals surface area contributed by atoms with Gasteiger partial charge in [-0.2, -0.15) is 0 Å². The lowest BCUT2D eigenvalue weighted by atomic mass is 10.1. The molecular formula is C15H33N3. The van der Waals surface area contributed by atoms with E-state index in [1.165, 1.54) is 51.9 Å². The molecule has 1 heterocycles. The predicted molar refractivity (Wildman–Crippen MR) is 80.1 cm³/mol. The van der Waals surface area contributed by atoms with Crippen LogP contribution in [0.25, 0.3) is 0 Å². The van der Waals surface area contributed by atoms with Crippen LogP contribution in [0.15, 0.2) is 0 Å². The van der Waals surface area contributed by atoms with Crippen LogP contribution in [0.4, 0.5) is 0 Å². The Labute approximate surface area is 114 Å². The minimum Gasteiger partial charge on any atom is -0.317 e. The molecule has 1 saturated heterocycles. The number of hydrogen-bond acceptors (Lipinski definition) is 3. The van der Waals surface area contributed by atoms with Crippen molar-refractivity contribution in [3.63, 3.8) is 0 Å².